The van der Waals surface area contributed by atoms with Gasteiger partial charge in [-0.25, -0.2) is 9.59 Å². The van der Waals surface area contributed by atoms with Crippen molar-refractivity contribution in [3.8, 4) is 11.8 Å². The van der Waals surface area contributed by atoms with Gasteiger partial charge in [0.2, 0.25) is 5.91 Å². The van der Waals surface area contributed by atoms with Crippen molar-refractivity contribution in [3.05, 3.63) is 15.8 Å². The molecule has 208 valence electrons. The van der Waals surface area contributed by atoms with Gasteiger partial charge in [-0.05, 0) is 84.2 Å². The topological polar surface area (TPSA) is 99.2 Å². The summed E-state index contributed by atoms with van der Waals surface area (Å²) in [5, 5.41) is 13.3. The molecule has 0 radical (unpaired) electrons. The van der Waals surface area contributed by atoms with Crippen molar-refractivity contribution in [2.24, 2.45) is 17.3 Å². The van der Waals surface area contributed by atoms with Gasteiger partial charge < -0.3 is 25.0 Å². The van der Waals surface area contributed by atoms with Crippen LogP contribution in [0.3, 0.4) is 0 Å². The number of hydrogen-bond donors (Lipinski definition) is 2. The highest BCUT2D eigenvalue weighted by Gasteiger charge is 2.40. The van der Waals surface area contributed by atoms with Gasteiger partial charge in [-0.15, -0.1) is 11.3 Å². The van der Waals surface area contributed by atoms with Crippen molar-refractivity contribution < 1.29 is 24.2 Å². The second-order valence-electron chi connectivity index (χ2n) is 12.0. The van der Waals surface area contributed by atoms with Gasteiger partial charge in [0.05, 0.1) is 16.6 Å². The van der Waals surface area contributed by atoms with Crippen LogP contribution in [0.25, 0.3) is 0 Å². The Bertz CT molecular complexity index is 1080. The number of anilines is 1. The minimum atomic E-state index is -1.07. The van der Waals surface area contributed by atoms with Crippen LogP contribution in [0, 0.1) is 29.1 Å². The lowest BCUT2D eigenvalue weighted by atomic mass is 9.82. The SMILES string of the molecule is CC1CCC(C(=O)N(c2cc(C#CC(C)(C)C)sc2C(=O)O)C2CCN(C(=O)OC3CCCNC3)C2)CC1. The summed E-state index contributed by atoms with van der Waals surface area (Å²) in [5.41, 5.74) is 0.170. The van der Waals surface area contributed by atoms with Crippen LogP contribution in [0.4, 0.5) is 10.5 Å². The Kier molecular flexibility index (Phi) is 9.04. The fourth-order valence-corrected chi connectivity index (χ4v) is 6.32. The van der Waals surface area contributed by atoms with Crippen molar-refractivity contribution in [1.82, 2.24) is 10.2 Å². The maximum Gasteiger partial charge on any atom is 0.410 e. The lowest BCUT2D eigenvalue weighted by Gasteiger charge is -2.34. The fraction of sp³-hybridized carbons (Fsp3) is 0.690. The van der Waals surface area contributed by atoms with E-state index < -0.39 is 5.97 Å². The van der Waals surface area contributed by atoms with E-state index in [-0.39, 0.29) is 40.4 Å². The smallest absolute Gasteiger partial charge is 0.410 e. The first-order valence-electron chi connectivity index (χ1n) is 13.9. The van der Waals surface area contributed by atoms with Crippen LogP contribution < -0.4 is 10.2 Å². The third-order valence-corrected chi connectivity index (χ3v) is 8.66. The number of aromatic carboxylic acids is 1. The average Bonchev–Trinajstić information content (AvgIpc) is 3.52. The molecule has 2 unspecified atom stereocenters. The van der Waals surface area contributed by atoms with E-state index in [0.29, 0.717) is 42.5 Å². The van der Waals surface area contributed by atoms with Gasteiger partial charge in [0.25, 0.3) is 0 Å². The van der Waals surface area contributed by atoms with Crippen LogP contribution in [0.5, 0.6) is 0 Å². The number of rotatable bonds is 5. The van der Waals surface area contributed by atoms with Crippen LogP contribution in [0.2, 0.25) is 0 Å². The average molecular weight is 544 g/mol. The molecule has 1 aromatic heterocycles. The van der Waals surface area contributed by atoms with Crippen LogP contribution >= 0.6 is 11.3 Å². The van der Waals surface area contributed by atoms with E-state index >= 15 is 0 Å². The Labute approximate surface area is 230 Å². The number of amides is 2. The molecule has 8 nitrogen and oxygen atoms in total. The molecule has 0 spiro atoms. The third-order valence-electron chi connectivity index (χ3n) is 7.64. The second kappa shape index (κ2) is 12.1. The Morgan fingerprint density at radius 1 is 1.16 bits per heavy atom. The number of carboxylic acids is 1. The van der Waals surface area contributed by atoms with E-state index in [9.17, 15) is 19.5 Å². The van der Waals surface area contributed by atoms with Gasteiger partial charge in [0, 0.05) is 31.0 Å². The molecule has 2 saturated heterocycles. The summed E-state index contributed by atoms with van der Waals surface area (Å²) in [4.78, 5) is 43.4. The van der Waals surface area contributed by atoms with Crippen LogP contribution in [-0.4, -0.2) is 66.3 Å². The molecule has 0 bridgehead atoms. The van der Waals surface area contributed by atoms with Crippen LogP contribution in [0.15, 0.2) is 6.07 Å². The molecule has 2 N–H and O–H groups in total. The number of carbonyl (C=O) groups excluding carboxylic acids is 2. The first-order valence-corrected chi connectivity index (χ1v) is 14.7. The molecule has 0 aromatic carbocycles. The minimum Gasteiger partial charge on any atom is -0.477 e. The molecule has 1 aromatic rings. The van der Waals surface area contributed by atoms with Gasteiger partial charge in [-0.2, -0.15) is 0 Å². The minimum absolute atomic E-state index is 0.0378. The van der Waals surface area contributed by atoms with Gasteiger partial charge in [-0.3, -0.25) is 4.79 Å². The standard InChI is InChI=1S/C29H41N3O5S/c1-19-7-9-20(10-8-19)26(33)32(24-16-23(11-13-29(2,3)4)38-25(24)27(34)35)21-12-15-31(18-21)28(36)37-22-6-5-14-30-17-22/h16,19-22,30H,5-10,12,14-15,17-18H2,1-4H3,(H,34,35). The molecule has 2 amide bonds. The molecule has 38 heavy (non-hydrogen) atoms. The molecule has 1 saturated carbocycles. The Hall–Kier alpha value is -2.57. The molecule has 1 aliphatic carbocycles. The summed E-state index contributed by atoms with van der Waals surface area (Å²) in [6.45, 7) is 10.6. The third kappa shape index (κ3) is 7.09. The van der Waals surface area contributed by atoms with Crippen molar-refractivity contribution in [2.75, 3.05) is 31.1 Å². The number of carbonyl (C=O) groups is 3. The van der Waals surface area contributed by atoms with E-state index in [2.05, 4.69) is 24.1 Å². The molecule has 3 heterocycles. The second-order valence-corrected chi connectivity index (χ2v) is 13.1. The summed E-state index contributed by atoms with van der Waals surface area (Å²) >= 11 is 1.11. The Morgan fingerprint density at radius 2 is 1.89 bits per heavy atom. The molecule has 4 rings (SSSR count). The first kappa shape index (κ1) is 28.4. The number of nitrogens with zero attached hydrogens (tertiary/aromatic N) is 2. The Balaban J connectivity index is 1.61. The van der Waals surface area contributed by atoms with Crippen molar-refractivity contribution in [1.29, 1.82) is 0 Å². The molecular formula is C29H41N3O5S. The molecule has 2 aliphatic heterocycles. The zero-order valence-corrected chi connectivity index (χ0v) is 23.9. The quantitative estimate of drug-likeness (QED) is 0.509. The summed E-state index contributed by atoms with van der Waals surface area (Å²) in [6, 6.07) is 1.44. The predicted molar refractivity (Wildman–Crippen MR) is 149 cm³/mol. The van der Waals surface area contributed by atoms with Crippen molar-refractivity contribution in [3.63, 3.8) is 0 Å². The van der Waals surface area contributed by atoms with Crippen LogP contribution in [0.1, 0.15) is 87.2 Å². The summed E-state index contributed by atoms with van der Waals surface area (Å²) < 4.78 is 5.74. The largest absolute Gasteiger partial charge is 0.477 e. The van der Waals surface area contributed by atoms with Gasteiger partial charge in [-0.1, -0.05) is 18.8 Å². The van der Waals surface area contributed by atoms with Gasteiger partial charge >= 0.3 is 12.1 Å². The fourth-order valence-electron chi connectivity index (χ4n) is 5.48. The summed E-state index contributed by atoms with van der Waals surface area (Å²) in [7, 11) is 0. The number of thiophene rings is 1. The number of ether oxygens (including phenoxy) is 1. The molecular weight excluding hydrogens is 502 g/mol. The van der Waals surface area contributed by atoms with E-state index in [1.807, 2.05) is 20.8 Å². The maximum atomic E-state index is 14.0. The number of piperidine rings is 1. The molecule has 9 heteroatoms. The lowest BCUT2D eigenvalue weighted by Crippen LogP contribution is -2.47. The zero-order valence-electron chi connectivity index (χ0n) is 23.0. The van der Waals surface area contributed by atoms with Crippen molar-refractivity contribution >= 4 is 35.0 Å². The number of nitrogens with one attached hydrogen (secondary N) is 1. The van der Waals surface area contributed by atoms with Gasteiger partial charge in [0.1, 0.15) is 11.0 Å². The van der Waals surface area contributed by atoms with Crippen LogP contribution in [-0.2, 0) is 9.53 Å². The van der Waals surface area contributed by atoms with Gasteiger partial charge in [0.15, 0.2) is 0 Å². The maximum absolute atomic E-state index is 14.0. The summed E-state index contributed by atoms with van der Waals surface area (Å²) in [6.07, 6.45) is 5.46. The molecule has 2 atom stereocenters. The number of hydrogen-bond acceptors (Lipinski definition) is 6. The van der Waals surface area contributed by atoms with E-state index in [0.717, 1.165) is 56.4 Å². The number of carboxylic acid groups (broad SMARTS) is 1. The highest BCUT2D eigenvalue weighted by atomic mass is 32.1. The monoisotopic (exact) mass is 543 g/mol. The molecule has 3 fully saturated rings. The summed E-state index contributed by atoms with van der Waals surface area (Å²) in [5.74, 6) is 5.63. The molecule has 3 aliphatic rings. The lowest BCUT2D eigenvalue weighted by molar-refractivity contribution is -0.124. The zero-order chi connectivity index (χ0) is 27.4. The predicted octanol–water partition coefficient (Wildman–Crippen LogP) is 4.97. The van der Waals surface area contributed by atoms with Crippen molar-refractivity contribution in [2.45, 2.75) is 84.8 Å². The first-order chi connectivity index (χ1) is 18.0. The van der Waals surface area contributed by atoms with E-state index in [4.69, 9.17) is 4.74 Å². The number of likely N-dealkylation sites (tertiary alicyclic amines) is 1. The normalized spacial score (nSPS) is 25.8. The Morgan fingerprint density at radius 3 is 2.53 bits per heavy atom. The highest BCUT2D eigenvalue weighted by Crippen LogP contribution is 2.38. The van der Waals surface area contributed by atoms with E-state index in [1.54, 1.807) is 15.9 Å². The van der Waals surface area contributed by atoms with E-state index in [1.165, 1.54) is 0 Å². The highest BCUT2D eigenvalue weighted by molar-refractivity contribution is 7.15.